The van der Waals surface area contributed by atoms with Crippen molar-refractivity contribution in [2.75, 3.05) is 0 Å². The van der Waals surface area contributed by atoms with E-state index in [0.29, 0.717) is 0 Å². The maximum atomic E-state index is 9.74. The van der Waals surface area contributed by atoms with Gasteiger partial charge in [-0.1, -0.05) is 0 Å². The van der Waals surface area contributed by atoms with Crippen molar-refractivity contribution < 1.29 is 23.7 Å². The third kappa shape index (κ3) is 16.4. The van der Waals surface area contributed by atoms with Crippen molar-refractivity contribution in [3.8, 4) is 0 Å². The van der Waals surface area contributed by atoms with E-state index in [1.807, 2.05) is 0 Å². The summed E-state index contributed by atoms with van der Waals surface area (Å²) >= 11 is 0. The van der Waals surface area contributed by atoms with Gasteiger partial charge in [0.2, 0.25) is 0 Å². The fraction of sp³-hybridized carbons (Fsp3) is 0.500. The molecule has 2 N–H and O–H groups in total. The summed E-state index contributed by atoms with van der Waals surface area (Å²) in [6.07, 6.45) is 0. The molecule has 0 aromatic heterocycles. The molecule has 0 radical (unpaired) electrons. The number of phosphoric ester groups is 1. The first kappa shape index (κ1) is 17.8. The fourth-order valence-corrected chi connectivity index (χ4v) is 0.502. The molecule has 5 nitrogen and oxygen atoms in total. The van der Waals surface area contributed by atoms with Crippen LogP contribution in [0.25, 0.3) is 0 Å². The molecule has 0 atom stereocenters. The molecule has 0 saturated heterocycles. The molecule has 0 aromatic rings. The van der Waals surface area contributed by atoms with Gasteiger partial charge in [0.15, 0.2) is 0 Å². The summed E-state index contributed by atoms with van der Waals surface area (Å²) in [7, 11) is -4.57. The Morgan fingerprint density at radius 1 is 1.50 bits per heavy atom. The second-order valence-electron chi connectivity index (χ2n) is 1.07. The van der Waals surface area contributed by atoms with Gasteiger partial charge in [0.05, 0.1) is 0 Å². The van der Waals surface area contributed by atoms with E-state index in [1.54, 1.807) is 0 Å². The molecule has 8 heteroatoms. The molecule has 0 aliphatic rings. The molecule has 0 saturated carbocycles. The van der Waals surface area contributed by atoms with E-state index in [2.05, 4.69) is 4.52 Å². The number of rotatable bonds is 1. The Morgan fingerprint density at radius 3 is 1.80 bits per heavy atom. The summed E-state index contributed by atoms with van der Waals surface area (Å²) in [6, 6.07) is 0. The van der Waals surface area contributed by atoms with Gasteiger partial charge in [-0.05, 0) is 0 Å². The van der Waals surface area contributed by atoms with Gasteiger partial charge in [-0.2, -0.15) is 0 Å². The molecule has 0 aliphatic carbocycles. The molecule has 0 aliphatic heterocycles. The van der Waals surface area contributed by atoms with Crippen LogP contribution in [-0.2, 0) is 13.9 Å². The second kappa shape index (κ2) is 7.50. The van der Waals surface area contributed by atoms with E-state index in [0.717, 1.165) is 6.92 Å². The van der Waals surface area contributed by atoms with Crippen molar-refractivity contribution in [3.05, 3.63) is 0 Å². The minimum atomic E-state index is -4.57. The zero-order chi connectivity index (χ0) is 6.78. The molecular formula is C2H7KLiO5P. The van der Waals surface area contributed by atoms with Gasteiger partial charge in [0.1, 0.15) is 0 Å². The van der Waals surface area contributed by atoms with Gasteiger partial charge in [-0.25, -0.2) is 4.57 Å². The third-order valence-electron chi connectivity index (χ3n) is 0.247. The van der Waals surface area contributed by atoms with Crippen LogP contribution in [0, 0.1) is 0 Å². The van der Waals surface area contributed by atoms with E-state index in [9.17, 15) is 9.36 Å². The Kier molecular flexibility index (Phi) is 13.4. The third-order valence-corrected chi connectivity index (χ3v) is 0.742. The molecule has 0 heterocycles. The van der Waals surface area contributed by atoms with Crippen molar-refractivity contribution in [2.45, 2.75) is 6.92 Å². The van der Waals surface area contributed by atoms with Crippen LogP contribution in [0.1, 0.15) is 6.92 Å². The number of hydrogen-bond acceptors (Lipinski definition) is 3. The molecule has 0 bridgehead atoms. The Labute approximate surface area is 113 Å². The Hall–Kier alpha value is 1.85. The maximum absolute atomic E-state index is 9.74. The van der Waals surface area contributed by atoms with E-state index in [4.69, 9.17) is 9.79 Å². The zero-order valence-electron chi connectivity index (χ0n) is 4.07. The van der Waals surface area contributed by atoms with Gasteiger partial charge in [-0.3, -0.25) is 14.6 Å². The van der Waals surface area contributed by atoms with Crippen LogP contribution >= 0.6 is 7.82 Å². The molecule has 0 aromatic carbocycles. The van der Waals surface area contributed by atoms with Gasteiger partial charge in [0, 0.05) is 6.92 Å². The van der Waals surface area contributed by atoms with Gasteiger partial charge in [0.25, 0.3) is 0 Å². The van der Waals surface area contributed by atoms with E-state index >= 15 is 0 Å². The first-order valence-corrected chi connectivity index (χ1v) is 3.20. The quantitative estimate of drug-likeness (QED) is 0.380. The van der Waals surface area contributed by atoms with Crippen molar-refractivity contribution in [1.29, 1.82) is 0 Å². The predicted octanol–water partition coefficient (Wildman–Crippen LogP) is -1.65. The normalized spacial score (nSPS) is 8.70. The Bertz CT molecular complexity index is 143. The van der Waals surface area contributed by atoms with Crippen LogP contribution in [-0.4, -0.2) is 86.0 Å². The Morgan fingerprint density at radius 2 is 1.80 bits per heavy atom. The van der Waals surface area contributed by atoms with E-state index in [-0.39, 0.29) is 70.2 Å². The summed E-state index contributed by atoms with van der Waals surface area (Å²) < 4.78 is 13.2. The number of carbonyl (C=O) groups is 1. The van der Waals surface area contributed by atoms with Gasteiger partial charge in [-0.15, -0.1) is 0 Å². The summed E-state index contributed by atoms with van der Waals surface area (Å²) in [4.78, 5) is 25.5. The standard InChI is InChI=1S/C2H5O5P.K.Li.2H/c1-2(3)7-8(4,5)6;;;;/h1H3,(H2,4,5,6);;;;. The van der Waals surface area contributed by atoms with Crippen molar-refractivity contribution in [3.63, 3.8) is 0 Å². The minimum absolute atomic E-state index is 0. The van der Waals surface area contributed by atoms with Gasteiger partial charge >= 0.3 is 84.0 Å². The van der Waals surface area contributed by atoms with Gasteiger partial charge < -0.3 is 4.52 Å². The summed E-state index contributed by atoms with van der Waals surface area (Å²) in [5, 5.41) is 0. The Balaban J connectivity index is -0.000000245. The van der Waals surface area contributed by atoms with Crippen LogP contribution in [0.2, 0.25) is 0 Å². The first-order chi connectivity index (χ1) is 3.42. The van der Waals surface area contributed by atoms with Crippen molar-refractivity contribution >= 4 is 84.0 Å². The molecule has 0 rings (SSSR count). The van der Waals surface area contributed by atoms with Crippen LogP contribution in [0.5, 0.6) is 0 Å². The zero-order valence-corrected chi connectivity index (χ0v) is 4.96. The molecule has 0 amide bonds. The van der Waals surface area contributed by atoms with Crippen LogP contribution in [0.4, 0.5) is 0 Å². The number of hydrogen-bond donors (Lipinski definition) is 2. The molecule has 0 fully saturated rings. The summed E-state index contributed by atoms with van der Waals surface area (Å²) in [6.45, 7) is 0.916. The molecule has 0 unspecified atom stereocenters. The molecule has 0 spiro atoms. The average Bonchev–Trinajstić information content (AvgIpc) is 1.21. The molecule has 52 valence electrons. The monoisotopic (exact) mass is 188 g/mol. The van der Waals surface area contributed by atoms with Crippen LogP contribution < -0.4 is 0 Å². The van der Waals surface area contributed by atoms with Crippen LogP contribution in [0.3, 0.4) is 0 Å². The summed E-state index contributed by atoms with van der Waals surface area (Å²) in [5.41, 5.74) is 0. The topological polar surface area (TPSA) is 83.8 Å². The number of phosphoric acid groups is 1. The summed E-state index contributed by atoms with van der Waals surface area (Å²) in [5.74, 6) is -0.988. The molecular weight excluding hydrogens is 181 g/mol. The first-order valence-electron chi connectivity index (χ1n) is 1.67. The SMILES string of the molecule is CC(=O)OP(=O)(O)O.[KH].[LiH]. The van der Waals surface area contributed by atoms with E-state index < -0.39 is 13.8 Å². The van der Waals surface area contributed by atoms with Crippen LogP contribution in [0.15, 0.2) is 0 Å². The van der Waals surface area contributed by atoms with Crippen molar-refractivity contribution in [1.82, 2.24) is 0 Å². The predicted molar refractivity (Wildman–Crippen MR) is 38.1 cm³/mol. The fourth-order valence-electron chi connectivity index (χ4n) is 0.167. The van der Waals surface area contributed by atoms with Crippen molar-refractivity contribution in [2.24, 2.45) is 0 Å². The number of carbonyl (C=O) groups excluding carboxylic acids is 1. The molecule has 10 heavy (non-hydrogen) atoms. The second-order valence-corrected chi connectivity index (χ2v) is 2.24. The van der Waals surface area contributed by atoms with E-state index in [1.165, 1.54) is 0 Å². The average molecular weight is 188 g/mol.